The molecule has 2 heterocycles. The zero-order chi connectivity index (χ0) is 15.1. The van der Waals surface area contributed by atoms with Gasteiger partial charge in [0.1, 0.15) is 6.10 Å². The number of hydrogen-bond acceptors (Lipinski definition) is 3. The van der Waals surface area contributed by atoms with Gasteiger partial charge in [0, 0.05) is 38.4 Å². The van der Waals surface area contributed by atoms with E-state index in [0.29, 0.717) is 0 Å². The summed E-state index contributed by atoms with van der Waals surface area (Å²) in [7, 11) is 1.93. The number of unbranched alkanes of at least 4 members (excludes halogenated alkanes) is 1. The monoisotopic (exact) mass is 293 g/mol. The standard InChI is InChI=1S/C15H27N5O/c1-4-6-7-17-15(16-5-2)20-8-9-21-14(12-20)13-10-18-19(3)11-13/h10-11,14H,4-9,12H2,1-3H3,(H,16,17). The van der Waals surface area contributed by atoms with Gasteiger partial charge in [0.25, 0.3) is 0 Å². The first kappa shape index (κ1) is 15.8. The Morgan fingerprint density at radius 3 is 3.05 bits per heavy atom. The zero-order valence-corrected chi connectivity index (χ0v) is 13.4. The second-order valence-corrected chi connectivity index (χ2v) is 5.34. The average molecular weight is 293 g/mol. The van der Waals surface area contributed by atoms with Crippen molar-refractivity contribution < 1.29 is 4.74 Å². The predicted octanol–water partition coefficient (Wildman–Crippen LogP) is 1.56. The Morgan fingerprint density at radius 1 is 1.52 bits per heavy atom. The first-order valence-electron chi connectivity index (χ1n) is 7.88. The van der Waals surface area contributed by atoms with Crippen LogP contribution in [0, 0.1) is 0 Å². The largest absolute Gasteiger partial charge is 0.370 e. The summed E-state index contributed by atoms with van der Waals surface area (Å²) in [5.74, 6) is 1.00. The van der Waals surface area contributed by atoms with Gasteiger partial charge in [0.15, 0.2) is 5.96 Å². The Morgan fingerprint density at radius 2 is 2.38 bits per heavy atom. The fourth-order valence-corrected chi connectivity index (χ4v) is 2.42. The fraction of sp³-hybridized carbons (Fsp3) is 0.733. The van der Waals surface area contributed by atoms with E-state index in [0.717, 1.165) is 50.7 Å². The molecule has 1 N–H and O–H groups in total. The molecule has 1 saturated heterocycles. The Hall–Kier alpha value is -1.56. The quantitative estimate of drug-likeness (QED) is 0.508. The van der Waals surface area contributed by atoms with E-state index in [-0.39, 0.29) is 6.10 Å². The van der Waals surface area contributed by atoms with Crippen molar-refractivity contribution in [3.8, 4) is 0 Å². The number of hydrogen-bond donors (Lipinski definition) is 1. The van der Waals surface area contributed by atoms with Crippen LogP contribution < -0.4 is 5.32 Å². The van der Waals surface area contributed by atoms with E-state index < -0.39 is 0 Å². The van der Waals surface area contributed by atoms with Crippen molar-refractivity contribution >= 4 is 5.96 Å². The highest BCUT2D eigenvalue weighted by Gasteiger charge is 2.24. The van der Waals surface area contributed by atoms with Crippen molar-refractivity contribution in [1.29, 1.82) is 0 Å². The number of morpholine rings is 1. The summed E-state index contributed by atoms with van der Waals surface area (Å²) in [5, 5.41) is 7.62. The summed E-state index contributed by atoms with van der Waals surface area (Å²) >= 11 is 0. The average Bonchev–Trinajstić information content (AvgIpc) is 2.93. The molecule has 0 aromatic carbocycles. The molecule has 0 radical (unpaired) electrons. The lowest BCUT2D eigenvalue weighted by molar-refractivity contribution is -0.00804. The van der Waals surface area contributed by atoms with Gasteiger partial charge >= 0.3 is 0 Å². The molecule has 0 spiro atoms. The van der Waals surface area contributed by atoms with Crippen LogP contribution in [0.1, 0.15) is 38.4 Å². The van der Waals surface area contributed by atoms with Crippen LogP contribution in [-0.4, -0.2) is 53.4 Å². The second kappa shape index (κ2) is 8.02. The third-order valence-electron chi connectivity index (χ3n) is 3.57. The molecular weight excluding hydrogens is 266 g/mol. The van der Waals surface area contributed by atoms with Gasteiger partial charge < -0.3 is 15.0 Å². The van der Waals surface area contributed by atoms with Gasteiger partial charge in [0.05, 0.1) is 19.3 Å². The molecule has 21 heavy (non-hydrogen) atoms. The van der Waals surface area contributed by atoms with Crippen molar-refractivity contribution in [3.63, 3.8) is 0 Å². The summed E-state index contributed by atoms with van der Waals surface area (Å²) < 4.78 is 7.70. The van der Waals surface area contributed by atoms with E-state index >= 15 is 0 Å². The molecule has 1 aromatic heterocycles. The van der Waals surface area contributed by atoms with Crippen molar-refractivity contribution in [2.75, 3.05) is 32.8 Å². The van der Waals surface area contributed by atoms with Gasteiger partial charge in [-0.3, -0.25) is 9.67 Å². The number of aliphatic imine (C=N–C) groups is 1. The van der Waals surface area contributed by atoms with Crippen LogP contribution in [0.2, 0.25) is 0 Å². The predicted molar refractivity (Wildman–Crippen MR) is 84.4 cm³/mol. The van der Waals surface area contributed by atoms with Crippen molar-refractivity contribution in [3.05, 3.63) is 18.0 Å². The van der Waals surface area contributed by atoms with Gasteiger partial charge in [-0.05, 0) is 13.3 Å². The number of guanidine groups is 1. The van der Waals surface area contributed by atoms with E-state index in [1.54, 1.807) is 0 Å². The second-order valence-electron chi connectivity index (χ2n) is 5.34. The zero-order valence-electron chi connectivity index (χ0n) is 13.4. The van der Waals surface area contributed by atoms with E-state index in [1.807, 2.05) is 24.1 Å². The van der Waals surface area contributed by atoms with Gasteiger partial charge in [-0.15, -0.1) is 0 Å². The maximum atomic E-state index is 5.88. The van der Waals surface area contributed by atoms with Gasteiger partial charge in [-0.1, -0.05) is 13.3 Å². The number of ether oxygens (including phenoxy) is 1. The number of nitrogens with zero attached hydrogens (tertiary/aromatic N) is 4. The van der Waals surface area contributed by atoms with E-state index in [1.165, 1.54) is 6.42 Å². The van der Waals surface area contributed by atoms with Crippen LogP contribution in [0.4, 0.5) is 0 Å². The van der Waals surface area contributed by atoms with Crippen LogP contribution in [0.25, 0.3) is 0 Å². The first-order valence-corrected chi connectivity index (χ1v) is 7.88. The molecule has 6 nitrogen and oxygen atoms in total. The van der Waals surface area contributed by atoms with Crippen molar-refractivity contribution in [2.24, 2.45) is 12.0 Å². The fourth-order valence-electron chi connectivity index (χ4n) is 2.42. The molecule has 2 rings (SSSR count). The molecule has 1 aromatic rings. The normalized spacial score (nSPS) is 19.9. The van der Waals surface area contributed by atoms with Crippen molar-refractivity contribution in [1.82, 2.24) is 20.0 Å². The summed E-state index contributed by atoms with van der Waals surface area (Å²) in [4.78, 5) is 7.01. The Bertz CT molecular complexity index is 457. The molecule has 0 bridgehead atoms. The third kappa shape index (κ3) is 4.46. The molecule has 0 aliphatic carbocycles. The van der Waals surface area contributed by atoms with E-state index in [2.05, 4.69) is 29.2 Å². The minimum absolute atomic E-state index is 0.0717. The number of nitrogens with one attached hydrogen (secondary N) is 1. The van der Waals surface area contributed by atoms with Crippen LogP contribution in [0.5, 0.6) is 0 Å². The molecular formula is C15H27N5O. The minimum atomic E-state index is 0.0717. The van der Waals surface area contributed by atoms with Gasteiger partial charge in [0.2, 0.25) is 0 Å². The molecule has 0 amide bonds. The third-order valence-corrected chi connectivity index (χ3v) is 3.57. The van der Waals surface area contributed by atoms with Crippen LogP contribution >= 0.6 is 0 Å². The summed E-state index contributed by atoms with van der Waals surface area (Å²) in [5.41, 5.74) is 1.13. The lowest BCUT2D eigenvalue weighted by atomic mass is 10.1. The summed E-state index contributed by atoms with van der Waals surface area (Å²) in [6.45, 7) is 8.49. The molecule has 1 fully saturated rings. The van der Waals surface area contributed by atoms with E-state index in [9.17, 15) is 0 Å². The number of rotatable bonds is 5. The molecule has 1 unspecified atom stereocenters. The Kier molecular flexibility index (Phi) is 6.04. The summed E-state index contributed by atoms with van der Waals surface area (Å²) in [6, 6.07) is 0. The Labute approximate surface area is 127 Å². The molecule has 0 saturated carbocycles. The SMILES string of the molecule is CCCCN=C(NCC)N1CCOC(c2cnn(C)c2)C1. The lowest BCUT2D eigenvalue weighted by Gasteiger charge is -2.34. The van der Waals surface area contributed by atoms with Crippen LogP contribution in [-0.2, 0) is 11.8 Å². The first-order chi connectivity index (χ1) is 10.2. The Balaban J connectivity index is 2.01. The highest BCUT2D eigenvalue weighted by Crippen LogP contribution is 2.21. The molecule has 1 aliphatic rings. The topological polar surface area (TPSA) is 54.7 Å². The highest BCUT2D eigenvalue weighted by atomic mass is 16.5. The molecule has 118 valence electrons. The number of aromatic nitrogens is 2. The summed E-state index contributed by atoms with van der Waals surface area (Å²) in [6.07, 6.45) is 6.28. The van der Waals surface area contributed by atoms with E-state index in [4.69, 9.17) is 9.73 Å². The molecule has 1 atom stereocenters. The maximum absolute atomic E-state index is 5.88. The molecule has 6 heteroatoms. The maximum Gasteiger partial charge on any atom is 0.194 e. The molecule has 1 aliphatic heterocycles. The highest BCUT2D eigenvalue weighted by molar-refractivity contribution is 5.80. The van der Waals surface area contributed by atoms with Gasteiger partial charge in [-0.25, -0.2) is 0 Å². The van der Waals surface area contributed by atoms with Crippen LogP contribution in [0.15, 0.2) is 17.4 Å². The van der Waals surface area contributed by atoms with Gasteiger partial charge in [-0.2, -0.15) is 5.10 Å². The lowest BCUT2D eigenvalue weighted by Crippen LogP contribution is -2.48. The number of aryl methyl sites for hydroxylation is 1. The smallest absolute Gasteiger partial charge is 0.194 e. The van der Waals surface area contributed by atoms with Crippen molar-refractivity contribution in [2.45, 2.75) is 32.8 Å². The van der Waals surface area contributed by atoms with Crippen LogP contribution in [0.3, 0.4) is 0 Å². The minimum Gasteiger partial charge on any atom is -0.370 e.